The molecular formula is C13H12O5. The molecule has 0 fully saturated rings. The summed E-state index contributed by atoms with van der Waals surface area (Å²) in [5.74, 6) is -1.36. The predicted octanol–water partition coefficient (Wildman–Crippen LogP) is 1.83. The van der Waals surface area contributed by atoms with Crippen LogP contribution in [0.5, 0.6) is 5.75 Å². The van der Waals surface area contributed by atoms with Gasteiger partial charge in [0, 0.05) is 11.1 Å². The molecule has 94 valence electrons. The summed E-state index contributed by atoms with van der Waals surface area (Å²) < 4.78 is 4.96. The van der Waals surface area contributed by atoms with E-state index in [0.717, 1.165) is 0 Å². The number of aliphatic carboxylic acids is 1. The molecule has 5 heteroatoms. The highest BCUT2D eigenvalue weighted by Crippen LogP contribution is 2.13. The lowest BCUT2D eigenvalue weighted by atomic mass is 10.2. The minimum atomic E-state index is -1.13. The van der Waals surface area contributed by atoms with Crippen LogP contribution in [0.1, 0.15) is 23.2 Å². The van der Waals surface area contributed by atoms with Gasteiger partial charge in [-0.25, -0.2) is 4.79 Å². The van der Waals surface area contributed by atoms with Crippen molar-refractivity contribution in [2.24, 2.45) is 0 Å². The number of carboxylic acid groups (broad SMARTS) is 1. The molecule has 1 N–H and O–H groups in total. The van der Waals surface area contributed by atoms with Gasteiger partial charge in [0.2, 0.25) is 0 Å². The Morgan fingerprint density at radius 2 is 1.83 bits per heavy atom. The SMILES string of the molecule is C=C(CCC(=O)Oc1ccc(C=O)cc1)C(=O)O. The number of hydrogen-bond donors (Lipinski definition) is 1. The average Bonchev–Trinajstić information content (AvgIpc) is 2.36. The molecule has 0 spiro atoms. The molecule has 0 amide bonds. The predicted molar refractivity (Wildman–Crippen MR) is 63.5 cm³/mol. The molecule has 1 rings (SSSR count). The number of carbonyl (C=O) groups excluding carboxylic acids is 2. The van der Waals surface area contributed by atoms with E-state index >= 15 is 0 Å². The second kappa shape index (κ2) is 6.34. The van der Waals surface area contributed by atoms with E-state index in [1.807, 2.05) is 0 Å². The fourth-order valence-electron chi connectivity index (χ4n) is 1.16. The summed E-state index contributed by atoms with van der Waals surface area (Å²) in [6.07, 6.45) is 0.670. The maximum atomic E-state index is 11.4. The first-order chi connectivity index (χ1) is 8.52. The van der Waals surface area contributed by atoms with Gasteiger partial charge in [-0.2, -0.15) is 0 Å². The van der Waals surface area contributed by atoms with Crippen molar-refractivity contribution in [3.05, 3.63) is 42.0 Å². The van der Waals surface area contributed by atoms with E-state index in [1.165, 1.54) is 24.3 Å². The molecule has 0 atom stereocenters. The zero-order valence-electron chi connectivity index (χ0n) is 9.59. The summed E-state index contributed by atoms with van der Waals surface area (Å²) in [5, 5.41) is 8.56. The number of rotatable bonds is 6. The van der Waals surface area contributed by atoms with E-state index in [9.17, 15) is 14.4 Å². The van der Waals surface area contributed by atoms with Crippen molar-refractivity contribution in [3.63, 3.8) is 0 Å². The number of hydrogen-bond acceptors (Lipinski definition) is 4. The van der Waals surface area contributed by atoms with Crippen LogP contribution in [0.15, 0.2) is 36.4 Å². The fraction of sp³-hybridized carbons (Fsp3) is 0.154. The van der Waals surface area contributed by atoms with Crippen molar-refractivity contribution >= 4 is 18.2 Å². The number of carbonyl (C=O) groups is 3. The fourth-order valence-corrected chi connectivity index (χ4v) is 1.16. The van der Waals surface area contributed by atoms with Gasteiger partial charge in [0.15, 0.2) is 0 Å². The van der Waals surface area contributed by atoms with Crippen LogP contribution in [-0.2, 0) is 9.59 Å². The highest BCUT2D eigenvalue weighted by molar-refractivity contribution is 5.86. The molecule has 0 radical (unpaired) electrons. The van der Waals surface area contributed by atoms with Gasteiger partial charge >= 0.3 is 11.9 Å². The Labute approximate surface area is 104 Å². The third-order valence-corrected chi connectivity index (χ3v) is 2.18. The van der Waals surface area contributed by atoms with E-state index in [4.69, 9.17) is 9.84 Å². The van der Waals surface area contributed by atoms with Crippen LogP contribution in [0.3, 0.4) is 0 Å². The van der Waals surface area contributed by atoms with Crippen LogP contribution in [0, 0.1) is 0 Å². The second-order valence-electron chi connectivity index (χ2n) is 3.57. The van der Waals surface area contributed by atoms with Crippen molar-refractivity contribution in [1.82, 2.24) is 0 Å². The Kier molecular flexibility index (Phi) is 4.80. The largest absolute Gasteiger partial charge is 0.478 e. The first-order valence-electron chi connectivity index (χ1n) is 5.20. The van der Waals surface area contributed by atoms with E-state index in [-0.39, 0.29) is 18.4 Å². The van der Waals surface area contributed by atoms with E-state index in [2.05, 4.69) is 6.58 Å². The summed E-state index contributed by atoms with van der Waals surface area (Å²) in [6, 6.07) is 6.03. The van der Waals surface area contributed by atoms with Crippen LogP contribution in [0.2, 0.25) is 0 Å². The van der Waals surface area contributed by atoms with Gasteiger partial charge in [-0.3, -0.25) is 9.59 Å². The van der Waals surface area contributed by atoms with Crippen LogP contribution >= 0.6 is 0 Å². The maximum absolute atomic E-state index is 11.4. The van der Waals surface area contributed by atoms with Crippen LogP contribution in [0.25, 0.3) is 0 Å². The average molecular weight is 248 g/mol. The normalized spacial score (nSPS) is 9.56. The van der Waals surface area contributed by atoms with Gasteiger partial charge in [-0.05, 0) is 30.7 Å². The molecule has 1 aromatic carbocycles. The van der Waals surface area contributed by atoms with Gasteiger partial charge in [-0.15, -0.1) is 0 Å². The Balaban J connectivity index is 2.46. The molecule has 0 aliphatic heterocycles. The zero-order valence-corrected chi connectivity index (χ0v) is 9.59. The number of ether oxygens (including phenoxy) is 1. The van der Waals surface area contributed by atoms with Crippen molar-refractivity contribution in [3.8, 4) is 5.75 Å². The highest BCUT2D eigenvalue weighted by atomic mass is 16.5. The lowest BCUT2D eigenvalue weighted by molar-refractivity contribution is -0.134. The standard InChI is InChI=1S/C13H12O5/c1-9(13(16)17)2-7-12(15)18-11-5-3-10(8-14)4-6-11/h3-6,8H,1-2,7H2,(H,16,17). The quantitative estimate of drug-likeness (QED) is 0.359. The van der Waals surface area contributed by atoms with Crippen molar-refractivity contribution < 1.29 is 24.2 Å². The molecule has 0 saturated heterocycles. The Morgan fingerprint density at radius 3 is 2.33 bits per heavy atom. The summed E-state index contributed by atoms with van der Waals surface area (Å²) in [6.45, 7) is 3.31. The topological polar surface area (TPSA) is 80.7 Å². The van der Waals surface area contributed by atoms with Crippen LogP contribution in [-0.4, -0.2) is 23.3 Å². The molecule has 1 aromatic rings. The molecule has 0 aliphatic carbocycles. The van der Waals surface area contributed by atoms with Crippen molar-refractivity contribution in [1.29, 1.82) is 0 Å². The highest BCUT2D eigenvalue weighted by Gasteiger charge is 2.09. The van der Waals surface area contributed by atoms with Gasteiger partial charge in [0.05, 0.1) is 6.42 Å². The molecular weight excluding hydrogens is 236 g/mol. The number of carboxylic acids is 1. The molecule has 0 heterocycles. The number of aldehydes is 1. The van der Waals surface area contributed by atoms with Crippen LogP contribution < -0.4 is 4.74 Å². The molecule has 18 heavy (non-hydrogen) atoms. The third-order valence-electron chi connectivity index (χ3n) is 2.18. The molecule has 0 aliphatic rings. The van der Waals surface area contributed by atoms with Gasteiger partial charge in [0.1, 0.15) is 12.0 Å². The maximum Gasteiger partial charge on any atom is 0.330 e. The minimum absolute atomic E-state index is 0.0387. The minimum Gasteiger partial charge on any atom is -0.478 e. The Morgan fingerprint density at radius 1 is 1.22 bits per heavy atom. The van der Waals surface area contributed by atoms with Crippen molar-refractivity contribution in [2.45, 2.75) is 12.8 Å². The smallest absolute Gasteiger partial charge is 0.330 e. The molecule has 5 nitrogen and oxygen atoms in total. The molecule has 0 unspecified atom stereocenters. The summed E-state index contributed by atoms with van der Waals surface area (Å²) in [7, 11) is 0. The Hall–Kier alpha value is -2.43. The van der Waals surface area contributed by atoms with E-state index in [1.54, 1.807) is 0 Å². The molecule has 0 saturated carbocycles. The molecule has 0 aromatic heterocycles. The monoisotopic (exact) mass is 248 g/mol. The zero-order chi connectivity index (χ0) is 13.5. The van der Waals surface area contributed by atoms with E-state index in [0.29, 0.717) is 17.6 Å². The molecule has 0 bridgehead atoms. The van der Waals surface area contributed by atoms with E-state index < -0.39 is 11.9 Å². The van der Waals surface area contributed by atoms with Crippen molar-refractivity contribution in [2.75, 3.05) is 0 Å². The van der Waals surface area contributed by atoms with Gasteiger partial charge in [-0.1, -0.05) is 6.58 Å². The van der Waals surface area contributed by atoms with Gasteiger partial charge < -0.3 is 9.84 Å². The summed E-state index contributed by atoms with van der Waals surface area (Å²) in [4.78, 5) is 32.2. The number of benzene rings is 1. The summed E-state index contributed by atoms with van der Waals surface area (Å²) >= 11 is 0. The first-order valence-corrected chi connectivity index (χ1v) is 5.20. The lowest BCUT2D eigenvalue weighted by Gasteiger charge is -2.04. The third kappa shape index (κ3) is 4.21. The van der Waals surface area contributed by atoms with Gasteiger partial charge in [0.25, 0.3) is 0 Å². The Bertz CT molecular complexity index is 473. The van der Waals surface area contributed by atoms with Crippen LogP contribution in [0.4, 0.5) is 0 Å². The number of esters is 1. The summed E-state index contributed by atoms with van der Waals surface area (Å²) in [5.41, 5.74) is 0.442. The lowest BCUT2D eigenvalue weighted by Crippen LogP contribution is -2.09. The first kappa shape index (κ1) is 13.6. The second-order valence-corrected chi connectivity index (χ2v) is 3.57.